The van der Waals surface area contributed by atoms with Crippen molar-refractivity contribution in [3.63, 3.8) is 0 Å². The third-order valence-electron chi connectivity index (χ3n) is 2.36. The normalized spacial score (nSPS) is 12.6. The molecule has 0 saturated heterocycles. The highest BCUT2D eigenvalue weighted by Gasteiger charge is 2.12. The number of furan rings is 1. The van der Waals surface area contributed by atoms with Crippen LogP contribution in [-0.2, 0) is 0 Å². The Labute approximate surface area is 97.7 Å². The lowest BCUT2D eigenvalue weighted by Gasteiger charge is -2.06. The average Bonchev–Trinajstić information content (AvgIpc) is 2.79. The van der Waals surface area contributed by atoms with Gasteiger partial charge in [-0.25, -0.2) is 0 Å². The average molecular weight is 235 g/mol. The van der Waals surface area contributed by atoms with Crippen molar-refractivity contribution in [3.05, 3.63) is 36.1 Å². The lowest BCUT2D eigenvalue weighted by Crippen LogP contribution is -2.33. The summed E-state index contributed by atoms with van der Waals surface area (Å²) < 4.78 is 5.34. The largest absolute Gasteiger partial charge is 0.451 e. The van der Waals surface area contributed by atoms with Crippen molar-refractivity contribution in [2.75, 3.05) is 13.2 Å². The van der Waals surface area contributed by atoms with E-state index in [0.29, 0.717) is 5.58 Å². The summed E-state index contributed by atoms with van der Waals surface area (Å²) in [6.45, 7) is -0.396. The van der Waals surface area contributed by atoms with Crippen LogP contribution in [0, 0.1) is 0 Å². The molecule has 3 N–H and O–H groups in total. The van der Waals surface area contributed by atoms with Crippen LogP contribution < -0.4 is 5.32 Å². The predicted octanol–water partition coefficient (Wildman–Crippen LogP) is 0.516. The maximum Gasteiger partial charge on any atom is 0.287 e. The van der Waals surface area contributed by atoms with E-state index in [1.54, 1.807) is 12.1 Å². The molecule has 1 unspecified atom stereocenters. The summed E-state index contributed by atoms with van der Waals surface area (Å²) in [6, 6.07) is 8.93. The van der Waals surface area contributed by atoms with Crippen LogP contribution >= 0.6 is 0 Å². The number of fused-ring (bicyclic) bond motifs is 1. The molecular formula is C12H13NO4. The molecule has 0 aliphatic carbocycles. The van der Waals surface area contributed by atoms with Crippen LogP contribution in [0.4, 0.5) is 0 Å². The molecule has 5 heteroatoms. The van der Waals surface area contributed by atoms with Gasteiger partial charge < -0.3 is 19.9 Å². The Balaban J connectivity index is 2.08. The monoisotopic (exact) mass is 235 g/mol. The number of nitrogens with one attached hydrogen (secondary N) is 1. The second-order valence-corrected chi connectivity index (χ2v) is 3.69. The molecule has 1 aromatic carbocycles. The molecule has 0 fully saturated rings. The molecule has 0 aliphatic heterocycles. The molecule has 2 aromatic rings. The van der Waals surface area contributed by atoms with E-state index in [9.17, 15) is 4.79 Å². The molecule has 0 bridgehead atoms. The van der Waals surface area contributed by atoms with Gasteiger partial charge in [-0.3, -0.25) is 4.79 Å². The molecule has 0 spiro atoms. The van der Waals surface area contributed by atoms with Crippen molar-refractivity contribution in [1.82, 2.24) is 5.32 Å². The third-order valence-corrected chi connectivity index (χ3v) is 2.36. The van der Waals surface area contributed by atoms with Gasteiger partial charge in [-0.1, -0.05) is 18.2 Å². The number of para-hydroxylation sites is 1. The van der Waals surface area contributed by atoms with E-state index < -0.39 is 12.0 Å². The number of benzene rings is 1. The van der Waals surface area contributed by atoms with Crippen LogP contribution in [0.25, 0.3) is 11.0 Å². The number of amides is 1. The zero-order valence-corrected chi connectivity index (χ0v) is 9.09. The Hall–Kier alpha value is -1.85. The van der Waals surface area contributed by atoms with Crippen molar-refractivity contribution in [1.29, 1.82) is 0 Å². The Kier molecular flexibility index (Phi) is 3.41. The van der Waals surface area contributed by atoms with Crippen LogP contribution in [-0.4, -0.2) is 35.4 Å². The number of hydrogen-bond acceptors (Lipinski definition) is 4. The Morgan fingerprint density at radius 1 is 1.41 bits per heavy atom. The van der Waals surface area contributed by atoms with Gasteiger partial charge in [0, 0.05) is 11.9 Å². The van der Waals surface area contributed by atoms with Crippen LogP contribution in [0.15, 0.2) is 34.7 Å². The summed E-state index contributed by atoms with van der Waals surface area (Å²) in [6.07, 6.45) is -0.955. The molecule has 90 valence electrons. The first-order valence-corrected chi connectivity index (χ1v) is 5.26. The lowest BCUT2D eigenvalue weighted by molar-refractivity contribution is 0.0785. The highest BCUT2D eigenvalue weighted by atomic mass is 16.3. The van der Waals surface area contributed by atoms with Crippen molar-refractivity contribution in [2.24, 2.45) is 0 Å². The summed E-state index contributed by atoms with van der Waals surface area (Å²) in [5.74, 6) is -0.218. The predicted molar refractivity (Wildman–Crippen MR) is 61.6 cm³/mol. The SMILES string of the molecule is O=C(NCC(O)CO)c1cc2ccccc2o1. The fourth-order valence-electron chi connectivity index (χ4n) is 1.46. The summed E-state index contributed by atoms with van der Waals surface area (Å²) >= 11 is 0. The van der Waals surface area contributed by atoms with E-state index in [1.165, 1.54) is 0 Å². The number of hydrogen-bond donors (Lipinski definition) is 3. The fraction of sp³-hybridized carbons (Fsp3) is 0.250. The van der Waals surface area contributed by atoms with Gasteiger partial charge in [-0.05, 0) is 12.1 Å². The second-order valence-electron chi connectivity index (χ2n) is 3.69. The molecule has 1 atom stereocenters. The number of rotatable bonds is 4. The first kappa shape index (κ1) is 11.6. The first-order valence-electron chi connectivity index (χ1n) is 5.26. The maximum absolute atomic E-state index is 11.6. The van der Waals surface area contributed by atoms with Crippen LogP contribution in [0.2, 0.25) is 0 Å². The number of aliphatic hydroxyl groups excluding tert-OH is 2. The van der Waals surface area contributed by atoms with Crippen molar-refractivity contribution < 1.29 is 19.4 Å². The lowest BCUT2D eigenvalue weighted by atomic mass is 10.2. The minimum atomic E-state index is -0.955. The molecule has 1 heterocycles. The van der Waals surface area contributed by atoms with Crippen molar-refractivity contribution >= 4 is 16.9 Å². The van der Waals surface area contributed by atoms with Gasteiger partial charge in [0.25, 0.3) is 5.91 Å². The van der Waals surface area contributed by atoms with Gasteiger partial charge in [0.2, 0.25) is 0 Å². The minimum absolute atomic E-state index is 0.00756. The maximum atomic E-state index is 11.6. The number of carbonyl (C=O) groups excluding carboxylic acids is 1. The van der Waals surface area contributed by atoms with Gasteiger partial charge in [0.1, 0.15) is 5.58 Å². The van der Waals surface area contributed by atoms with E-state index in [4.69, 9.17) is 14.6 Å². The third kappa shape index (κ3) is 2.64. The van der Waals surface area contributed by atoms with Gasteiger partial charge in [0.15, 0.2) is 5.76 Å². The summed E-state index contributed by atoms with van der Waals surface area (Å²) in [7, 11) is 0. The zero-order valence-electron chi connectivity index (χ0n) is 9.09. The highest BCUT2D eigenvalue weighted by Crippen LogP contribution is 2.18. The first-order chi connectivity index (χ1) is 8.20. The Bertz CT molecular complexity index is 487. The van der Waals surface area contributed by atoms with Gasteiger partial charge in [0.05, 0.1) is 12.7 Å². The molecule has 0 aliphatic rings. The van der Waals surface area contributed by atoms with E-state index in [2.05, 4.69) is 5.32 Å². The van der Waals surface area contributed by atoms with Crippen LogP contribution in [0.5, 0.6) is 0 Å². The van der Waals surface area contributed by atoms with Crippen molar-refractivity contribution in [3.8, 4) is 0 Å². The molecule has 1 aromatic heterocycles. The molecule has 5 nitrogen and oxygen atoms in total. The van der Waals surface area contributed by atoms with Gasteiger partial charge >= 0.3 is 0 Å². The van der Waals surface area contributed by atoms with E-state index >= 15 is 0 Å². The zero-order chi connectivity index (χ0) is 12.3. The molecule has 1 amide bonds. The smallest absolute Gasteiger partial charge is 0.287 e. The van der Waals surface area contributed by atoms with Crippen LogP contribution in [0.1, 0.15) is 10.6 Å². The molecule has 0 saturated carbocycles. The van der Waals surface area contributed by atoms with E-state index in [1.807, 2.05) is 18.2 Å². The standard InChI is InChI=1S/C12H13NO4/c14-7-9(15)6-13-12(16)11-5-8-3-1-2-4-10(8)17-11/h1-5,9,14-15H,6-7H2,(H,13,16). The van der Waals surface area contributed by atoms with E-state index in [0.717, 1.165) is 5.39 Å². The number of aliphatic hydroxyl groups is 2. The Morgan fingerprint density at radius 2 is 2.18 bits per heavy atom. The van der Waals surface area contributed by atoms with Gasteiger partial charge in [-0.15, -0.1) is 0 Å². The fourth-order valence-corrected chi connectivity index (χ4v) is 1.46. The molecule has 17 heavy (non-hydrogen) atoms. The van der Waals surface area contributed by atoms with Crippen molar-refractivity contribution in [2.45, 2.75) is 6.10 Å². The highest BCUT2D eigenvalue weighted by molar-refractivity contribution is 5.96. The van der Waals surface area contributed by atoms with Gasteiger partial charge in [-0.2, -0.15) is 0 Å². The number of carbonyl (C=O) groups is 1. The summed E-state index contributed by atoms with van der Waals surface area (Å²) in [4.78, 5) is 11.6. The molecule has 0 radical (unpaired) electrons. The van der Waals surface area contributed by atoms with Crippen LogP contribution in [0.3, 0.4) is 0 Å². The molecule has 2 rings (SSSR count). The summed E-state index contributed by atoms with van der Waals surface area (Å²) in [5, 5.41) is 21.0. The second kappa shape index (κ2) is 4.99. The summed E-state index contributed by atoms with van der Waals surface area (Å²) in [5.41, 5.74) is 0.639. The minimum Gasteiger partial charge on any atom is -0.451 e. The van der Waals surface area contributed by atoms with E-state index in [-0.39, 0.29) is 18.9 Å². The Morgan fingerprint density at radius 3 is 2.88 bits per heavy atom. The topological polar surface area (TPSA) is 82.7 Å². The molecular weight excluding hydrogens is 222 g/mol. The quantitative estimate of drug-likeness (QED) is 0.721.